The maximum atomic E-state index is 15.3. The fourth-order valence-electron chi connectivity index (χ4n) is 16.3. The molecule has 0 amide bonds. The standard InChI is InChI=1S/C54H86O26/c1-49(2)13-14-54(48(72)80-45-41(70)37(66)34(63)26(77-45)20-73-46-42(38(67)33(62)25(19-57)76-46)78-43-39(68)35(64)31(60)23(17-55)74-43)22(15-49)21-7-8-27-50(3)11-10-29(58)53(6,28(50)9-12-51(27,4)52(21,5)16-30(54)59)47(71)79-44-40(69)36(65)32(61)24(18-56)75-44/h7,22-46,55-70H,8-20H2,1-6H3/t22-,23+,24+,25+,26+,27+,28+,29-,30+,31+,32+,33+,34?,35-,36-,37?,38-,39+,40+,41+,42+,43-,44-,45-,46+,50+,51+,52+,53-,54+/m0/s1. The highest BCUT2D eigenvalue weighted by atomic mass is 16.8. The lowest BCUT2D eigenvalue weighted by molar-refractivity contribution is -0.372. The third-order valence-corrected chi connectivity index (χ3v) is 21.5. The van der Waals surface area contributed by atoms with Crippen molar-refractivity contribution in [2.24, 2.45) is 50.2 Å². The van der Waals surface area contributed by atoms with Gasteiger partial charge in [0.25, 0.3) is 0 Å². The van der Waals surface area contributed by atoms with Crippen molar-refractivity contribution in [1.29, 1.82) is 0 Å². The monoisotopic (exact) mass is 1150 g/mol. The number of ether oxygens (including phenoxy) is 8. The molecule has 0 radical (unpaired) electrons. The van der Waals surface area contributed by atoms with E-state index >= 15 is 4.79 Å². The molecule has 8 fully saturated rings. The maximum absolute atomic E-state index is 15.3. The zero-order chi connectivity index (χ0) is 58.7. The summed E-state index contributed by atoms with van der Waals surface area (Å²) in [6, 6.07) is 0. The summed E-state index contributed by atoms with van der Waals surface area (Å²) in [6.07, 6.45) is -32.8. The third kappa shape index (κ3) is 9.82. The molecular weight excluding hydrogens is 1060 g/mol. The Hall–Kier alpha value is -2.20. The van der Waals surface area contributed by atoms with Crippen LogP contribution in [0.25, 0.3) is 0 Å². The Morgan fingerprint density at radius 2 is 1.02 bits per heavy atom. The van der Waals surface area contributed by atoms with E-state index in [1.54, 1.807) is 6.92 Å². The predicted molar refractivity (Wildman–Crippen MR) is 266 cm³/mol. The van der Waals surface area contributed by atoms with Crippen molar-refractivity contribution in [3.63, 3.8) is 0 Å². The number of carbonyl (C=O) groups is 2. The highest BCUT2D eigenvalue weighted by Gasteiger charge is 2.73. The first-order valence-corrected chi connectivity index (χ1v) is 28.1. The summed E-state index contributed by atoms with van der Waals surface area (Å²) in [4.78, 5) is 29.7. The van der Waals surface area contributed by atoms with Gasteiger partial charge in [0.2, 0.25) is 12.6 Å². The van der Waals surface area contributed by atoms with Gasteiger partial charge in [-0.2, -0.15) is 0 Å². The summed E-state index contributed by atoms with van der Waals surface area (Å²) < 4.78 is 46.1. The zero-order valence-electron chi connectivity index (χ0n) is 45.9. The molecule has 4 aliphatic heterocycles. The van der Waals surface area contributed by atoms with Gasteiger partial charge in [0.15, 0.2) is 12.6 Å². The largest absolute Gasteiger partial charge is 0.432 e. The number of rotatable bonds is 12. The van der Waals surface area contributed by atoms with Crippen molar-refractivity contribution in [2.75, 3.05) is 26.4 Å². The van der Waals surface area contributed by atoms with Gasteiger partial charge in [-0.1, -0.05) is 46.3 Å². The Morgan fingerprint density at radius 1 is 0.525 bits per heavy atom. The van der Waals surface area contributed by atoms with Crippen LogP contribution < -0.4 is 0 Å². The maximum Gasteiger partial charge on any atom is 0.317 e. The molecule has 0 aromatic heterocycles. The molecule has 26 nitrogen and oxygen atoms in total. The number of aliphatic hydroxyl groups excluding tert-OH is 16. The van der Waals surface area contributed by atoms with Gasteiger partial charge >= 0.3 is 11.9 Å². The van der Waals surface area contributed by atoms with E-state index in [-0.39, 0.29) is 30.6 Å². The van der Waals surface area contributed by atoms with E-state index in [1.807, 2.05) is 0 Å². The summed E-state index contributed by atoms with van der Waals surface area (Å²) in [5, 5.41) is 173. The molecular formula is C54H86O26. The van der Waals surface area contributed by atoms with E-state index in [4.69, 9.17) is 37.9 Å². The Balaban J connectivity index is 0.949. The number of carbonyl (C=O) groups excluding carboxylic acids is 2. The van der Waals surface area contributed by atoms with E-state index in [2.05, 4.69) is 40.7 Å². The highest BCUT2D eigenvalue weighted by molar-refractivity contribution is 5.80. The lowest BCUT2D eigenvalue weighted by Crippen LogP contribution is -2.69. The molecule has 0 aromatic rings. The van der Waals surface area contributed by atoms with E-state index < -0.39 is 212 Å². The summed E-state index contributed by atoms with van der Waals surface area (Å²) in [5.74, 6) is -3.04. The van der Waals surface area contributed by atoms with Crippen molar-refractivity contribution >= 4 is 11.9 Å². The Morgan fingerprint density at radius 3 is 1.60 bits per heavy atom. The van der Waals surface area contributed by atoms with Crippen LogP contribution in [0.4, 0.5) is 0 Å². The van der Waals surface area contributed by atoms with E-state index in [0.29, 0.717) is 38.5 Å². The summed E-state index contributed by atoms with van der Waals surface area (Å²) in [5.41, 5.74) is -4.51. The second kappa shape index (κ2) is 22.6. The SMILES string of the molecule is CC1(C)CC[C@]2(C(=O)O[C@@H]3O[C@H](CO[C@@H]4O[C@H](CO)[C@@H](O)[C@H](O)[C@H]4O[C@@H]4O[C@H](CO)[C@@H](O)[C@H](O)[C@H]4O)C(O)C(O)[C@H]3O)[C@H](O)C[C@]3(C)C(=CC[C@@H]4[C@@]5(C)CC[C@H](O)[C@@](C)(C(=O)O[C@@H]6O[C@H](CO)[C@@H](O)[C@H](O)[C@H]6O)[C@@H]5CC[C@]43C)[C@@H]2C1. The van der Waals surface area contributed by atoms with Gasteiger partial charge in [-0.3, -0.25) is 9.59 Å². The number of aliphatic hydroxyl groups is 16. The molecule has 5 aliphatic carbocycles. The van der Waals surface area contributed by atoms with Crippen LogP contribution in [0.3, 0.4) is 0 Å². The summed E-state index contributed by atoms with van der Waals surface area (Å²) in [6.45, 7) is 9.00. The highest BCUT2D eigenvalue weighted by Crippen LogP contribution is 2.76. The third-order valence-electron chi connectivity index (χ3n) is 21.5. The molecule has 30 atom stereocenters. The van der Waals surface area contributed by atoms with Gasteiger partial charge in [0.05, 0.1) is 44.1 Å². The molecule has 458 valence electrons. The van der Waals surface area contributed by atoms with Crippen molar-refractivity contribution in [3.8, 4) is 0 Å². The molecule has 4 saturated heterocycles. The summed E-state index contributed by atoms with van der Waals surface area (Å²) in [7, 11) is 0. The van der Waals surface area contributed by atoms with E-state index in [1.165, 1.54) is 0 Å². The van der Waals surface area contributed by atoms with Crippen LogP contribution >= 0.6 is 0 Å². The number of esters is 2. The van der Waals surface area contributed by atoms with Crippen molar-refractivity contribution in [2.45, 2.75) is 234 Å². The average molecular weight is 1150 g/mol. The van der Waals surface area contributed by atoms with Crippen molar-refractivity contribution < 1.29 is 129 Å². The van der Waals surface area contributed by atoms with Gasteiger partial charge in [-0.15, -0.1) is 0 Å². The predicted octanol–water partition coefficient (Wildman–Crippen LogP) is -4.57. The smallest absolute Gasteiger partial charge is 0.317 e. The van der Waals surface area contributed by atoms with Crippen LogP contribution in [0.2, 0.25) is 0 Å². The quantitative estimate of drug-likeness (QED) is 0.0646. The minimum atomic E-state index is -2.03. The number of hydrogen-bond acceptors (Lipinski definition) is 26. The second-order valence-electron chi connectivity index (χ2n) is 26.2. The van der Waals surface area contributed by atoms with Crippen molar-refractivity contribution in [1.82, 2.24) is 0 Å². The number of hydrogen-bond donors (Lipinski definition) is 16. The van der Waals surface area contributed by atoms with E-state index in [9.17, 15) is 86.5 Å². The van der Waals surface area contributed by atoms with E-state index in [0.717, 1.165) is 5.57 Å². The van der Waals surface area contributed by atoms with Gasteiger partial charge in [-0.05, 0) is 104 Å². The molecule has 4 heterocycles. The molecule has 0 aromatic carbocycles. The van der Waals surface area contributed by atoms with Gasteiger partial charge in [0.1, 0.15) is 103 Å². The van der Waals surface area contributed by atoms with Crippen LogP contribution in [0, 0.1) is 50.2 Å². The number of allylic oxidation sites excluding steroid dienone is 2. The van der Waals surface area contributed by atoms with Crippen LogP contribution in [-0.2, 0) is 47.5 Å². The molecule has 80 heavy (non-hydrogen) atoms. The number of fused-ring (bicyclic) bond motifs is 7. The Bertz CT molecular complexity index is 2250. The molecule has 9 aliphatic rings. The van der Waals surface area contributed by atoms with Gasteiger partial charge < -0.3 is 120 Å². The topological polar surface area (TPSA) is 432 Å². The first kappa shape index (κ1) is 62.3. The Kier molecular flexibility index (Phi) is 17.6. The normalized spacial score (nSPS) is 53.9. The molecule has 0 bridgehead atoms. The van der Waals surface area contributed by atoms with Crippen LogP contribution in [0.5, 0.6) is 0 Å². The van der Waals surface area contributed by atoms with Crippen LogP contribution in [-0.4, -0.2) is 255 Å². The Labute approximate surface area is 462 Å². The minimum absolute atomic E-state index is 0.0899. The lowest BCUT2D eigenvalue weighted by atomic mass is 9.33. The first-order valence-electron chi connectivity index (χ1n) is 28.1. The van der Waals surface area contributed by atoms with Gasteiger partial charge in [0, 0.05) is 0 Å². The molecule has 2 unspecified atom stereocenters. The van der Waals surface area contributed by atoms with Crippen LogP contribution in [0.1, 0.15) is 99.3 Å². The summed E-state index contributed by atoms with van der Waals surface area (Å²) >= 11 is 0. The average Bonchev–Trinajstić information content (AvgIpc) is 2.05. The first-order chi connectivity index (χ1) is 37.4. The van der Waals surface area contributed by atoms with Crippen LogP contribution in [0.15, 0.2) is 11.6 Å². The molecule has 16 N–H and O–H groups in total. The molecule has 4 saturated carbocycles. The van der Waals surface area contributed by atoms with Crippen molar-refractivity contribution in [3.05, 3.63) is 11.6 Å². The second-order valence-corrected chi connectivity index (χ2v) is 26.2. The molecule has 26 heteroatoms. The fourth-order valence-corrected chi connectivity index (χ4v) is 16.3. The fraction of sp³-hybridized carbons (Fsp3) is 0.926. The zero-order valence-corrected chi connectivity index (χ0v) is 45.9. The molecule has 0 spiro atoms. The minimum Gasteiger partial charge on any atom is -0.432 e. The lowest BCUT2D eigenvalue weighted by Gasteiger charge is -2.71. The van der Waals surface area contributed by atoms with Gasteiger partial charge in [-0.25, -0.2) is 0 Å². The molecule has 9 rings (SSSR count).